The van der Waals surface area contributed by atoms with E-state index in [0.29, 0.717) is 0 Å². The summed E-state index contributed by atoms with van der Waals surface area (Å²) in [5.41, 5.74) is 0. The van der Waals surface area contributed by atoms with Crippen LogP contribution in [0, 0.1) is 0 Å². The summed E-state index contributed by atoms with van der Waals surface area (Å²) in [6, 6.07) is 0. The smallest absolute Gasteiger partial charge is 0.213 e. The van der Waals surface area contributed by atoms with Gasteiger partial charge in [0.25, 0.3) is 0 Å². The molecule has 0 saturated heterocycles. The first-order chi connectivity index (χ1) is 4.85. The summed E-state index contributed by atoms with van der Waals surface area (Å²) in [6.45, 7) is 8.53. The first-order valence-corrected chi connectivity index (χ1v) is 3.80. The molecule has 0 amide bonds. The van der Waals surface area contributed by atoms with Crippen LogP contribution >= 0.6 is 0 Å². The largest absolute Gasteiger partial charge is 0.355 e. The Kier molecular flexibility index (Phi) is 5.92. The van der Waals surface area contributed by atoms with E-state index in [1.165, 1.54) is 0 Å². The van der Waals surface area contributed by atoms with Gasteiger partial charge in [0.1, 0.15) is 0 Å². The number of nitrogens with one attached hydrogen (secondary N) is 1. The van der Waals surface area contributed by atoms with Crippen molar-refractivity contribution >= 4 is 5.96 Å². The molecule has 0 unspecified atom stereocenters. The lowest BCUT2D eigenvalue weighted by atomic mass is 10.6. The second kappa shape index (κ2) is 6.39. The Hall–Kier alpha value is -0.730. The molecule has 0 aromatic heterocycles. The minimum absolute atomic E-state index is 0.785. The van der Waals surface area contributed by atoms with Gasteiger partial charge in [-0.2, -0.15) is 0 Å². The van der Waals surface area contributed by atoms with Crippen molar-refractivity contribution in [1.82, 2.24) is 10.6 Å². The molecule has 10 heavy (non-hydrogen) atoms. The van der Waals surface area contributed by atoms with Crippen LogP contribution in [0.2, 0.25) is 0 Å². The molecule has 0 aromatic rings. The fourth-order valence-corrected chi connectivity index (χ4v) is 0.619. The minimum Gasteiger partial charge on any atom is -0.355 e. The molecule has 0 bridgehead atoms. The van der Waals surface area contributed by atoms with Gasteiger partial charge >= 0.3 is 0 Å². The summed E-state index contributed by atoms with van der Waals surface area (Å²) in [5, 5.41) is 7.21. The quantitative estimate of drug-likeness (QED) is 0.454. The van der Waals surface area contributed by atoms with Crippen LogP contribution in [0.4, 0.5) is 0 Å². The molecule has 0 rings (SSSR count). The number of hydrogen-bond donors (Lipinski definition) is 1. The van der Waals surface area contributed by atoms with E-state index in [4.69, 9.17) is 0 Å². The van der Waals surface area contributed by atoms with E-state index in [0.717, 1.165) is 25.6 Å². The van der Waals surface area contributed by atoms with Crippen LogP contribution < -0.4 is 10.6 Å². The molecule has 3 heteroatoms. The molecule has 0 fully saturated rings. The van der Waals surface area contributed by atoms with Gasteiger partial charge in [-0.15, -0.1) is 0 Å². The molecular weight excluding hydrogens is 126 g/mol. The van der Waals surface area contributed by atoms with Crippen molar-refractivity contribution in [3.63, 3.8) is 0 Å². The van der Waals surface area contributed by atoms with Crippen LogP contribution in [0.1, 0.15) is 20.8 Å². The molecule has 59 valence electrons. The van der Waals surface area contributed by atoms with Gasteiger partial charge in [-0.3, -0.25) is 10.3 Å². The molecule has 0 spiro atoms. The molecule has 0 aromatic carbocycles. The Morgan fingerprint density at radius 3 is 2.30 bits per heavy atom. The van der Waals surface area contributed by atoms with Crippen molar-refractivity contribution < 1.29 is 0 Å². The third-order valence-electron chi connectivity index (χ3n) is 0.951. The van der Waals surface area contributed by atoms with Crippen LogP contribution in [-0.2, 0) is 0 Å². The van der Waals surface area contributed by atoms with Crippen LogP contribution in [-0.4, -0.2) is 25.6 Å². The fourth-order valence-electron chi connectivity index (χ4n) is 0.619. The maximum absolute atomic E-state index is 4.14. The maximum Gasteiger partial charge on any atom is 0.213 e. The van der Waals surface area contributed by atoms with Gasteiger partial charge in [0.05, 0.1) is 0 Å². The molecule has 0 saturated carbocycles. The van der Waals surface area contributed by atoms with Crippen LogP contribution in [0.25, 0.3) is 0 Å². The van der Waals surface area contributed by atoms with Gasteiger partial charge in [0, 0.05) is 19.6 Å². The van der Waals surface area contributed by atoms with Gasteiger partial charge in [-0.25, -0.2) is 0 Å². The van der Waals surface area contributed by atoms with E-state index >= 15 is 0 Å². The highest BCUT2D eigenvalue weighted by Crippen LogP contribution is 1.72. The van der Waals surface area contributed by atoms with E-state index < -0.39 is 0 Å². The number of nitrogens with zero attached hydrogens (tertiary/aromatic N) is 2. The van der Waals surface area contributed by atoms with Crippen molar-refractivity contribution in [3.05, 3.63) is 0 Å². The lowest BCUT2D eigenvalue weighted by Crippen LogP contribution is -2.32. The normalized spacial score (nSPS) is 11.3. The zero-order valence-electron chi connectivity index (χ0n) is 7.02. The van der Waals surface area contributed by atoms with Gasteiger partial charge in [-0.1, -0.05) is 0 Å². The average molecular weight is 142 g/mol. The van der Waals surface area contributed by atoms with Crippen molar-refractivity contribution in [1.29, 1.82) is 0 Å². The maximum atomic E-state index is 4.14. The number of aliphatic imine (C=N–C) groups is 1. The fraction of sp³-hybridized carbons (Fsp3) is 0.857. The Bertz CT molecular complexity index is 91.0. The monoisotopic (exact) mass is 142 g/mol. The third kappa shape index (κ3) is 4.18. The second-order valence-electron chi connectivity index (χ2n) is 1.80. The molecule has 0 aliphatic rings. The molecule has 3 nitrogen and oxygen atoms in total. The minimum atomic E-state index is 0.785. The van der Waals surface area contributed by atoms with E-state index in [9.17, 15) is 0 Å². The Morgan fingerprint density at radius 2 is 1.90 bits per heavy atom. The van der Waals surface area contributed by atoms with Crippen molar-refractivity contribution in [2.45, 2.75) is 20.8 Å². The van der Waals surface area contributed by atoms with Crippen molar-refractivity contribution in [3.8, 4) is 0 Å². The summed E-state index contributed by atoms with van der Waals surface area (Å²) < 4.78 is 0. The van der Waals surface area contributed by atoms with E-state index in [2.05, 4.69) is 15.6 Å². The summed E-state index contributed by atoms with van der Waals surface area (Å²) in [4.78, 5) is 4.14. The Balaban J connectivity index is 3.60. The zero-order valence-corrected chi connectivity index (χ0v) is 7.02. The summed E-state index contributed by atoms with van der Waals surface area (Å²) in [7, 11) is 0. The van der Waals surface area contributed by atoms with E-state index in [-0.39, 0.29) is 0 Å². The van der Waals surface area contributed by atoms with Crippen molar-refractivity contribution in [2.75, 3.05) is 19.6 Å². The summed E-state index contributed by atoms with van der Waals surface area (Å²) in [6.07, 6.45) is 0. The molecule has 1 N–H and O–H groups in total. The van der Waals surface area contributed by atoms with Crippen LogP contribution in [0.15, 0.2) is 4.99 Å². The van der Waals surface area contributed by atoms with Gasteiger partial charge in [-0.05, 0) is 20.8 Å². The molecule has 0 heterocycles. The summed E-state index contributed by atoms with van der Waals surface area (Å²) in [5.74, 6) is 0.785. The number of hydrogen-bond acceptors (Lipinski definition) is 1. The first-order valence-electron chi connectivity index (χ1n) is 3.80. The van der Waals surface area contributed by atoms with Gasteiger partial charge in [0.15, 0.2) is 0 Å². The standard InChI is InChI=1S/C7H16N3/c1-4-8-7(9-5-2)10-6-3/h4-6H2,1-3H3,(H,8,9). The predicted octanol–water partition coefficient (Wildman–Crippen LogP) is 0.596. The van der Waals surface area contributed by atoms with Crippen LogP contribution in [0.3, 0.4) is 0 Å². The lowest BCUT2D eigenvalue weighted by molar-refractivity contribution is 0.836. The van der Waals surface area contributed by atoms with E-state index in [1.807, 2.05) is 20.8 Å². The first kappa shape index (κ1) is 9.27. The highest BCUT2D eigenvalue weighted by Gasteiger charge is 1.92. The zero-order chi connectivity index (χ0) is 7.82. The Morgan fingerprint density at radius 1 is 1.20 bits per heavy atom. The Labute approximate surface area is 62.9 Å². The highest BCUT2D eigenvalue weighted by molar-refractivity contribution is 5.79. The molecule has 0 atom stereocenters. The third-order valence-corrected chi connectivity index (χ3v) is 0.951. The van der Waals surface area contributed by atoms with Crippen molar-refractivity contribution in [2.24, 2.45) is 4.99 Å². The predicted molar refractivity (Wildman–Crippen MR) is 44.3 cm³/mol. The number of rotatable bonds is 3. The average Bonchev–Trinajstić information content (AvgIpc) is 1.90. The topological polar surface area (TPSA) is 38.5 Å². The van der Waals surface area contributed by atoms with E-state index in [1.54, 1.807) is 0 Å². The molecular formula is C7H16N3. The SMILES string of the molecule is CC[N]/C(=N/CC)NCC. The van der Waals surface area contributed by atoms with Gasteiger partial charge < -0.3 is 5.32 Å². The van der Waals surface area contributed by atoms with Gasteiger partial charge in [0.2, 0.25) is 5.96 Å². The lowest BCUT2D eigenvalue weighted by Gasteiger charge is -2.04. The summed E-state index contributed by atoms with van der Waals surface area (Å²) >= 11 is 0. The molecule has 0 aliphatic heterocycles. The highest BCUT2D eigenvalue weighted by atomic mass is 15.2. The second-order valence-corrected chi connectivity index (χ2v) is 1.80. The van der Waals surface area contributed by atoms with Crippen LogP contribution in [0.5, 0.6) is 0 Å². The number of guanidine groups is 1. The molecule has 0 aliphatic carbocycles. The molecule has 1 radical (unpaired) electrons.